The third-order valence-electron chi connectivity index (χ3n) is 4.01. The highest BCUT2D eigenvalue weighted by Gasteiger charge is 2.13. The summed E-state index contributed by atoms with van der Waals surface area (Å²) in [7, 11) is 0. The number of rotatable bonds is 2. The van der Waals surface area contributed by atoms with E-state index in [1.165, 1.54) is 24.9 Å². The number of hydrogen-bond donors (Lipinski definition) is 0. The summed E-state index contributed by atoms with van der Waals surface area (Å²) in [6.45, 7) is 2.24. The van der Waals surface area contributed by atoms with E-state index in [9.17, 15) is 0 Å². The van der Waals surface area contributed by atoms with E-state index < -0.39 is 0 Å². The molecule has 5 heteroatoms. The molecule has 106 valence electrons. The number of fused-ring (bicyclic) bond motifs is 1. The van der Waals surface area contributed by atoms with Gasteiger partial charge in [-0.2, -0.15) is 0 Å². The van der Waals surface area contributed by atoms with E-state index in [4.69, 9.17) is 0 Å². The number of hydrogen-bond acceptors (Lipinski definition) is 4. The van der Waals surface area contributed by atoms with Gasteiger partial charge in [-0.05, 0) is 37.5 Å². The molecular formula is C16H17N5. The lowest BCUT2D eigenvalue weighted by Crippen LogP contribution is -2.29. The number of anilines is 1. The van der Waals surface area contributed by atoms with Crippen molar-refractivity contribution < 1.29 is 0 Å². The fourth-order valence-corrected chi connectivity index (χ4v) is 2.91. The van der Waals surface area contributed by atoms with Gasteiger partial charge in [0, 0.05) is 31.7 Å². The molecule has 0 saturated carbocycles. The maximum absolute atomic E-state index is 4.58. The minimum Gasteiger partial charge on any atom is -0.370 e. The summed E-state index contributed by atoms with van der Waals surface area (Å²) in [6, 6.07) is 6.03. The summed E-state index contributed by atoms with van der Waals surface area (Å²) in [6.07, 6.45) is 11.3. The third-order valence-corrected chi connectivity index (χ3v) is 4.01. The Labute approximate surface area is 123 Å². The molecule has 0 atom stereocenters. The van der Waals surface area contributed by atoms with Crippen LogP contribution >= 0.6 is 0 Å². The fourth-order valence-electron chi connectivity index (χ4n) is 2.91. The van der Waals surface area contributed by atoms with Crippen molar-refractivity contribution in [1.29, 1.82) is 0 Å². The highest BCUT2D eigenvalue weighted by molar-refractivity contribution is 5.80. The molecule has 0 aromatic carbocycles. The van der Waals surface area contributed by atoms with E-state index in [1.807, 2.05) is 29.1 Å². The van der Waals surface area contributed by atoms with Crippen molar-refractivity contribution in [3.05, 3.63) is 43.0 Å². The van der Waals surface area contributed by atoms with Gasteiger partial charge in [-0.25, -0.2) is 9.97 Å². The zero-order valence-corrected chi connectivity index (χ0v) is 11.8. The Morgan fingerprint density at radius 2 is 1.76 bits per heavy atom. The molecule has 0 amide bonds. The van der Waals surface area contributed by atoms with Crippen LogP contribution in [0.5, 0.6) is 0 Å². The second kappa shape index (κ2) is 5.16. The molecule has 1 saturated heterocycles. The smallest absolute Gasteiger partial charge is 0.234 e. The average molecular weight is 279 g/mol. The molecule has 0 bridgehead atoms. The van der Waals surface area contributed by atoms with Gasteiger partial charge in [0.05, 0.1) is 22.9 Å². The molecule has 1 aliphatic heterocycles. The summed E-state index contributed by atoms with van der Waals surface area (Å²) >= 11 is 0. The molecule has 0 unspecified atom stereocenters. The molecule has 0 spiro atoms. The monoisotopic (exact) mass is 279 g/mol. The van der Waals surface area contributed by atoms with Gasteiger partial charge in [-0.1, -0.05) is 0 Å². The zero-order chi connectivity index (χ0) is 14.1. The first-order valence-corrected chi connectivity index (χ1v) is 7.41. The lowest BCUT2D eigenvalue weighted by molar-refractivity contribution is 0.577. The predicted molar refractivity (Wildman–Crippen MR) is 82.7 cm³/mol. The van der Waals surface area contributed by atoms with Crippen LogP contribution in [0.2, 0.25) is 0 Å². The number of piperidine rings is 1. The van der Waals surface area contributed by atoms with Crippen LogP contribution in [0.25, 0.3) is 17.0 Å². The molecule has 4 heterocycles. The normalized spacial score (nSPS) is 15.5. The Morgan fingerprint density at radius 3 is 2.57 bits per heavy atom. The Hall–Kier alpha value is -2.43. The molecular weight excluding hydrogens is 262 g/mol. The number of pyridine rings is 1. The van der Waals surface area contributed by atoms with Crippen LogP contribution in [0.3, 0.4) is 0 Å². The van der Waals surface area contributed by atoms with Crippen LogP contribution in [0, 0.1) is 0 Å². The Morgan fingerprint density at radius 1 is 0.952 bits per heavy atom. The van der Waals surface area contributed by atoms with Gasteiger partial charge in [0.25, 0.3) is 0 Å². The number of nitrogens with zero attached hydrogens (tertiary/aromatic N) is 5. The van der Waals surface area contributed by atoms with Crippen molar-refractivity contribution in [2.75, 3.05) is 18.0 Å². The second-order valence-corrected chi connectivity index (χ2v) is 5.38. The average Bonchev–Trinajstić information content (AvgIpc) is 2.99. The van der Waals surface area contributed by atoms with Crippen LogP contribution < -0.4 is 4.90 Å². The highest BCUT2D eigenvalue weighted by Crippen LogP contribution is 2.24. The van der Waals surface area contributed by atoms with Crippen molar-refractivity contribution in [3.8, 4) is 5.95 Å². The summed E-state index contributed by atoms with van der Waals surface area (Å²) in [4.78, 5) is 15.6. The van der Waals surface area contributed by atoms with E-state index in [-0.39, 0.29) is 0 Å². The van der Waals surface area contributed by atoms with Crippen LogP contribution in [0.15, 0.2) is 43.0 Å². The standard InChI is InChI=1S/C16H17N5/c1-2-8-20(9-3-1)13-11-15-14(19-12-13)5-10-21(15)16-17-6-4-7-18-16/h4-7,10-12H,1-3,8-9H2. The SMILES string of the molecule is c1cnc(-n2ccc3ncc(N4CCCCC4)cc32)nc1. The number of aromatic nitrogens is 4. The Bertz CT molecular complexity index is 744. The maximum atomic E-state index is 4.58. The van der Waals surface area contributed by atoms with Gasteiger partial charge >= 0.3 is 0 Å². The lowest BCUT2D eigenvalue weighted by Gasteiger charge is -2.28. The molecule has 3 aromatic rings. The molecule has 5 nitrogen and oxygen atoms in total. The quantitative estimate of drug-likeness (QED) is 0.723. The van der Waals surface area contributed by atoms with Crippen LogP contribution in [-0.2, 0) is 0 Å². The van der Waals surface area contributed by atoms with Gasteiger partial charge in [0.2, 0.25) is 5.95 Å². The van der Waals surface area contributed by atoms with Gasteiger partial charge in [-0.15, -0.1) is 0 Å². The van der Waals surface area contributed by atoms with E-state index >= 15 is 0 Å². The highest BCUT2D eigenvalue weighted by atomic mass is 15.2. The fraction of sp³-hybridized carbons (Fsp3) is 0.312. The van der Waals surface area contributed by atoms with E-state index in [2.05, 4.69) is 25.9 Å². The first-order chi connectivity index (χ1) is 10.4. The van der Waals surface area contributed by atoms with E-state index in [1.54, 1.807) is 12.4 Å². The summed E-state index contributed by atoms with van der Waals surface area (Å²) < 4.78 is 2.00. The van der Waals surface area contributed by atoms with Crippen LogP contribution in [0.4, 0.5) is 5.69 Å². The lowest BCUT2D eigenvalue weighted by atomic mass is 10.1. The van der Waals surface area contributed by atoms with Crippen molar-refractivity contribution >= 4 is 16.7 Å². The first-order valence-electron chi connectivity index (χ1n) is 7.41. The summed E-state index contributed by atoms with van der Waals surface area (Å²) in [5.74, 6) is 0.685. The van der Waals surface area contributed by atoms with E-state index in [0.717, 1.165) is 24.1 Å². The predicted octanol–water partition coefficient (Wildman–Crippen LogP) is 2.81. The minimum absolute atomic E-state index is 0.685. The van der Waals surface area contributed by atoms with Crippen molar-refractivity contribution in [2.45, 2.75) is 19.3 Å². The molecule has 0 N–H and O–H groups in total. The Balaban J connectivity index is 1.79. The molecule has 4 rings (SSSR count). The molecule has 1 fully saturated rings. The molecule has 21 heavy (non-hydrogen) atoms. The van der Waals surface area contributed by atoms with Gasteiger partial charge < -0.3 is 4.90 Å². The topological polar surface area (TPSA) is 46.8 Å². The molecule has 0 radical (unpaired) electrons. The third kappa shape index (κ3) is 2.24. The Kier molecular flexibility index (Phi) is 3.03. The maximum Gasteiger partial charge on any atom is 0.234 e. The van der Waals surface area contributed by atoms with Gasteiger partial charge in [0.15, 0.2) is 0 Å². The summed E-state index contributed by atoms with van der Waals surface area (Å²) in [5.41, 5.74) is 3.23. The molecule has 0 aliphatic carbocycles. The summed E-state index contributed by atoms with van der Waals surface area (Å²) in [5, 5.41) is 0. The second-order valence-electron chi connectivity index (χ2n) is 5.38. The van der Waals surface area contributed by atoms with Crippen molar-refractivity contribution in [1.82, 2.24) is 19.5 Å². The van der Waals surface area contributed by atoms with Gasteiger partial charge in [0.1, 0.15) is 0 Å². The molecule has 1 aliphatic rings. The zero-order valence-electron chi connectivity index (χ0n) is 11.8. The largest absolute Gasteiger partial charge is 0.370 e. The van der Waals surface area contributed by atoms with Gasteiger partial charge in [-0.3, -0.25) is 9.55 Å². The minimum atomic E-state index is 0.685. The van der Waals surface area contributed by atoms with E-state index in [0.29, 0.717) is 5.95 Å². The van der Waals surface area contributed by atoms with Crippen molar-refractivity contribution in [3.63, 3.8) is 0 Å². The van der Waals surface area contributed by atoms with Crippen LogP contribution in [-0.4, -0.2) is 32.6 Å². The van der Waals surface area contributed by atoms with Crippen LogP contribution in [0.1, 0.15) is 19.3 Å². The molecule has 3 aromatic heterocycles. The first kappa shape index (κ1) is 12.3. The van der Waals surface area contributed by atoms with Crippen molar-refractivity contribution in [2.24, 2.45) is 0 Å².